The lowest BCUT2D eigenvalue weighted by Crippen LogP contribution is -2.15. The van der Waals surface area contributed by atoms with E-state index in [1.165, 1.54) is 5.56 Å². The topological polar surface area (TPSA) is 43.4 Å². The Hall–Kier alpha value is -3.05. The fraction of sp³-hybridized carbons (Fsp3) is 0.0909. The molecule has 3 aromatic carbocycles. The van der Waals surface area contributed by atoms with Crippen LogP contribution in [0.2, 0.25) is 5.02 Å². The first-order valence-electron chi connectivity index (χ1n) is 8.50. The molecule has 0 spiro atoms. The fourth-order valence-corrected chi connectivity index (χ4v) is 3.50. The quantitative estimate of drug-likeness (QED) is 0.268. The number of Topliss-reactive ketones (excluding diaryl/α,β-unsaturated/α-hetero) is 1. The van der Waals surface area contributed by atoms with Gasteiger partial charge in [0.1, 0.15) is 0 Å². The second-order valence-electron chi connectivity index (χ2n) is 6.45. The summed E-state index contributed by atoms with van der Waals surface area (Å²) in [4.78, 5) is 24.5. The van der Waals surface area contributed by atoms with Gasteiger partial charge in [-0.15, -0.1) is 0 Å². The third kappa shape index (κ3) is 3.29. The van der Waals surface area contributed by atoms with E-state index in [0.717, 1.165) is 23.1 Å². The van der Waals surface area contributed by atoms with Gasteiger partial charge in [-0.2, -0.15) is 0 Å². The lowest BCUT2D eigenvalue weighted by molar-refractivity contribution is 0.0474. The number of carbonyl (C=O) groups excluding carboxylic acids is 2. The van der Waals surface area contributed by atoms with Crippen LogP contribution in [-0.2, 0) is 11.2 Å². The van der Waals surface area contributed by atoms with Crippen LogP contribution in [0.5, 0.6) is 0 Å². The van der Waals surface area contributed by atoms with Gasteiger partial charge in [-0.25, -0.2) is 13.6 Å². The van der Waals surface area contributed by atoms with E-state index in [4.69, 9.17) is 16.3 Å². The highest BCUT2D eigenvalue weighted by Gasteiger charge is 2.21. The summed E-state index contributed by atoms with van der Waals surface area (Å²) in [6.45, 7) is -0.533. The molecule has 140 valence electrons. The lowest BCUT2D eigenvalue weighted by Gasteiger charge is -2.08. The molecule has 0 aliphatic heterocycles. The van der Waals surface area contributed by atoms with Gasteiger partial charge in [0.25, 0.3) is 0 Å². The van der Waals surface area contributed by atoms with E-state index in [1.54, 1.807) is 12.1 Å². The number of hydrogen-bond acceptors (Lipinski definition) is 3. The van der Waals surface area contributed by atoms with E-state index in [2.05, 4.69) is 0 Å². The second-order valence-corrected chi connectivity index (χ2v) is 6.86. The number of benzene rings is 3. The van der Waals surface area contributed by atoms with Crippen molar-refractivity contribution >= 4 is 23.4 Å². The molecule has 0 N–H and O–H groups in total. The maximum atomic E-state index is 13.3. The maximum Gasteiger partial charge on any atom is 0.340 e. The molecule has 1 aliphatic rings. The highest BCUT2D eigenvalue weighted by atomic mass is 35.5. The summed E-state index contributed by atoms with van der Waals surface area (Å²) < 4.78 is 31.4. The third-order valence-electron chi connectivity index (χ3n) is 4.68. The minimum absolute atomic E-state index is 0.287. The average molecular weight is 399 g/mol. The zero-order valence-corrected chi connectivity index (χ0v) is 15.2. The molecule has 0 saturated carbocycles. The molecule has 0 unspecified atom stereocenters. The van der Waals surface area contributed by atoms with Crippen LogP contribution in [0.1, 0.15) is 31.8 Å². The highest BCUT2D eigenvalue weighted by molar-refractivity contribution is 6.33. The van der Waals surface area contributed by atoms with Crippen molar-refractivity contribution in [2.24, 2.45) is 0 Å². The molecule has 0 atom stereocenters. The molecule has 0 saturated heterocycles. The number of ether oxygens (including phenoxy) is 1. The summed E-state index contributed by atoms with van der Waals surface area (Å²) in [6, 6.07) is 14.6. The minimum atomic E-state index is -1.22. The molecule has 0 fully saturated rings. The van der Waals surface area contributed by atoms with E-state index >= 15 is 0 Å². The first-order valence-corrected chi connectivity index (χ1v) is 8.88. The van der Waals surface area contributed by atoms with Gasteiger partial charge in [-0.1, -0.05) is 48.0 Å². The first-order chi connectivity index (χ1) is 13.4. The Balaban J connectivity index is 1.50. The van der Waals surface area contributed by atoms with E-state index < -0.39 is 30.0 Å². The Morgan fingerprint density at radius 3 is 2.46 bits per heavy atom. The summed E-state index contributed by atoms with van der Waals surface area (Å²) >= 11 is 5.75. The number of esters is 1. The summed E-state index contributed by atoms with van der Waals surface area (Å²) in [5.74, 6) is -3.79. The van der Waals surface area contributed by atoms with Gasteiger partial charge in [-0.05, 0) is 46.9 Å². The van der Waals surface area contributed by atoms with Crippen molar-refractivity contribution in [1.29, 1.82) is 0 Å². The zero-order valence-electron chi connectivity index (χ0n) is 14.5. The summed E-state index contributed by atoms with van der Waals surface area (Å²) in [7, 11) is 0. The summed E-state index contributed by atoms with van der Waals surface area (Å²) in [5, 5.41) is -0.287. The van der Waals surface area contributed by atoms with E-state index in [-0.39, 0.29) is 10.6 Å². The minimum Gasteiger partial charge on any atom is -0.454 e. The molecule has 0 aromatic heterocycles. The van der Waals surface area contributed by atoms with Crippen molar-refractivity contribution in [1.82, 2.24) is 0 Å². The van der Waals surface area contributed by atoms with E-state index in [1.807, 2.05) is 30.3 Å². The van der Waals surface area contributed by atoms with Crippen molar-refractivity contribution < 1.29 is 23.1 Å². The Labute approximate surface area is 164 Å². The second kappa shape index (κ2) is 7.17. The van der Waals surface area contributed by atoms with Crippen molar-refractivity contribution in [2.45, 2.75) is 6.42 Å². The molecular weight excluding hydrogens is 386 g/mol. The largest absolute Gasteiger partial charge is 0.454 e. The summed E-state index contributed by atoms with van der Waals surface area (Å²) in [6.07, 6.45) is 0.809. The van der Waals surface area contributed by atoms with Crippen molar-refractivity contribution in [3.05, 3.63) is 93.5 Å². The van der Waals surface area contributed by atoms with Crippen LogP contribution in [0.15, 0.2) is 54.6 Å². The van der Waals surface area contributed by atoms with Crippen LogP contribution >= 0.6 is 11.6 Å². The molecule has 1 aliphatic carbocycles. The monoisotopic (exact) mass is 398 g/mol. The Morgan fingerprint density at radius 1 is 0.929 bits per heavy atom. The summed E-state index contributed by atoms with van der Waals surface area (Å²) in [5.41, 5.74) is 4.45. The molecular formula is C22H13ClF2O3. The van der Waals surface area contributed by atoms with Crippen molar-refractivity contribution in [3.63, 3.8) is 0 Å². The Bertz CT molecular complexity index is 1120. The van der Waals surface area contributed by atoms with Gasteiger partial charge in [0, 0.05) is 5.56 Å². The first kappa shape index (κ1) is 18.3. The zero-order chi connectivity index (χ0) is 19.8. The SMILES string of the molecule is O=C(COC(=O)c1cc(F)c(F)cc1Cl)c1ccc2c(c1)-c1ccccc1C2. The van der Waals surface area contributed by atoms with Crippen molar-refractivity contribution in [3.8, 4) is 11.1 Å². The maximum absolute atomic E-state index is 13.3. The predicted molar refractivity (Wildman–Crippen MR) is 101 cm³/mol. The van der Waals surface area contributed by atoms with Crippen LogP contribution < -0.4 is 0 Å². The number of hydrogen-bond donors (Lipinski definition) is 0. The van der Waals surface area contributed by atoms with Crippen LogP contribution in [0.4, 0.5) is 8.78 Å². The van der Waals surface area contributed by atoms with Gasteiger partial charge in [0.05, 0.1) is 10.6 Å². The van der Waals surface area contributed by atoms with Gasteiger partial charge < -0.3 is 4.74 Å². The van der Waals surface area contributed by atoms with E-state index in [9.17, 15) is 18.4 Å². The smallest absolute Gasteiger partial charge is 0.340 e. The van der Waals surface area contributed by atoms with Crippen LogP contribution in [-0.4, -0.2) is 18.4 Å². The van der Waals surface area contributed by atoms with Crippen LogP contribution in [0.3, 0.4) is 0 Å². The Morgan fingerprint density at radius 2 is 1.64 bits per heavy atom. The predicted octanol–water partition coefficient (Wildman–Crippen LogP) is 5.23. The number of rotatable bonds is 4. The lowest BCUT2D eigenvalue weighted by atomic mass is 10.0. The number of ketones is 1. The molecule has 6 heteroatoms. The highest BCUT2D eigenvalue weighted by Crippen LogP contribution is 2.36. The Kier molecular flexibility index (Phi) is 4.69. The molecule has 0 amide bonds. The molecule has 28 heavy (non-hydrogen) atoms. The van der Waals surface area contributed by atoms with Gasteiger partial charge in [-0.3, -0.25) is 4.79 Å². The molecule has 4 rings (SSSR count). The standard InChI is InChI=1S/C22H13ClF2O3/c23-18-10-20(25)19(24)9-17(18)22(27)28-11-21(26)14-6-5-13-7-12-3-1-2-4-15(12)16(13)8-14/h1-6,8-10H,7,11H2. The van der Waals surface area contributed by atoms with Gasteiger partial charge in [0.15, 0.2) is 24.0 Å². The van der Waals surface area contributed by atoms with Crippen LogP contribution in [0.25, 0.3) is 11.1 Å². The molecule has 0 bridgehead atoms. The fourth-order valence-electron chi connectivity index (χ4n) is 3.27. The third-order valence-corrected chi connectivity index (χ3v) is 5.00. The molecule has 3 aromatic rings. The average Bonchev–Trinajstić information content (AvgIpc) is 3.06. The number of carbonyl (C=O) groups is 2. The number of halogens is 3. The van der Waals surface area contributed by atoms with Gasteiger partial charge >= 0.3 is 5.97 Å². The molecule has 0 heterocycles. The van der Waals surface area contributed by atoms with Gasteiger partial charge in [0.2, 0.25) is 0 Å². The van der Waals surface area contributed by atoms with E-state index in [0.29, 0.717) is 17.7 Å². The van der Waals surface area contributed by atoms with Crippen LogP contribution in [0, 0.1) is 11.6 Å². The molecule has 3 nitrogen and oxygen atoms in total. The van der Waals surface area contributed by atoms with Crippen molar-refractivity contribution in [2.75, 3.05) is 6.61 Å². The number of fused-ring (bicyclic) bond motifs is 3. The molecule has 0 radical (unpaired) electrons. The normalized spacial score (nSPS) is 11.7.